The molecule has 0 radical (unpaired) electrons. The van der Waals surface area contributed by atoms with E-state index in [1.165, 1.54) is 25.3 Å². The Morgan fingerprint density at radius 2 is 1.58 bits per heavy atom. The number of ether oxygens (including phenoxy) is 2. The molecule has 3 aromatic rings. The predicted octanol–water partition coefficient (Wildman–Crippen LogP) is 5.68. The van der Waals surface area contributed by atoms with E-state index in [1.54, 1.807) is 11.5 Å². The SMILES string of the molecule is COc1nc(Oc2cccc(/C=N/Nc3c(F)c(F)c(C(F)(F)F)c(F)c3F)c2)nc(N2CCCCC2)n1. The van der Waals surface area contributed by atoms with Crippen molar-refractivity contribution in [2.24, 2.45) is 5.10 Å². The van der Waals surface area contributed by atoms with Gasteiger partial charge in [0, 0.05) is 13.1 Å². The molecular formula is C23H19F7N6O2. The van der Waals surface area contributed by atoms with E-state index in [0.717, 1.165) is 38.6 Å². The minimum absolute atomic E-state index is 0.0394. The van der Waals surface area contributed by atoms with Crippen molar-refractivity contribution < 1.29 is 40.2 Å². The zero-order chi connectivity index (χ0) is 27.4. The summed E-state index contributed by atoms with van der Waals surface area (Å²) in [7, 11) is 1.39. The average molecular weight is 544 g/mol. The van der Waals surface area contributed by atoms with Gasteiger partial charge in [-0.05, 0) is 37.0 Å². The summed E-state index contributed by atoms with van der Waals surface area (Å²) < 4.78 is 105. The quantitative estimate of drug-likeness (QED) is 0.177. The van der Waals surface area contributed by atoms with Gasteiger partial charge in [-0.2, -0.15) is 28.2 Å². The molecule has 8 nitrogen and oxygen atoms in total. The second kappa shape index (κ2) is 11.1. The third kappa shape index (κ3) is 5.86. The van der Waals surface area contributed by atoms with Crippen LogP contribution >= 0.6 is 0 Å². The Kier molecular flexibility index (Phi) is 7.83. The summed E-state index contributed by atoms with van der Waals surface area (Å²) in [5.74, 6) is -9.15. The molecule has 1 fully saturated rings. The van der Waals surface area contributed by atoms with Crippen molar-refractivity contribution in [2.45, 2.75) is 25.4 Å². The van der Waals surface area contributed by atoms with Gasteiger partial charge in [-0.3, -0.25) is 5.43 Å². The summed E-state index contributed by atoms with van der Waals surface area (Å²) in [6.07, 6.45) is -1.58. The highest BCUT2D eigenvalue weighted by Crippen LogP contribution is 2.38. The van der Waals surface area contributed by atoms with Crippen LogP contribution < -0.4 is 19.8 Å². The fraction of sp³-hybridized carbons (Fsp3) is 0.304. The molecule has 0 atom stereocenters. The first-order valence-corrected chi connectivity index (χ1v) is 11.1. The maximum absolute atomic E-state index is 14.0. The summed E-state index contributed by atoms with van der Waals surface area (Å²) in [5, 5.41) is 3.47. The Morgan fingerprint density at radius 3 is 2.21 bits per heavy atom. The molecule has 1 N–H and O–H groups in total. The first-order valence-electron chi connectivity index (χ1n) is 11.1. The van der Waals surface area contributed by atoms with Crippen molar-refractivity contribution in [2.75, 3.05) is 30.5 Å². The van der Waals surface area contributed by atoms with Crippen LogP contribution in [0.3, 0.4) is 0 Å². The maximum atomic E-state index is 14.0. The molecule has 15 heteroatoms. The number of nitrogens with one attached hydrogen (secondary N) is 1. The molecule has 1 aliphatic heterocycles. The summed E-state index contributed by atoms with van der Waals surface area (Å²) in [4.78, 5) is 14.6. The summed E-state index contributed by atoms with van der Waals surface area (Å²) >= 11 is 0. The number of hydrogen-bond donors (Lipinski definition) is 1. The van der Waals surface area contributed by atoms with Crippen LogP contribution in [0.2, 0.25) is 0 Å². The minimum atomic E-state index is -5.64. The van der Waals surface area contributed by atoms with Gasteiger partial charge in [0.25, 0.3) is 0 Å². The van der Waals surface area contributed by atoms with Gasteiger partial charge in [0.1, 0.15) is 17.0 Å². The van der Waals surface area contributed by atoms with Crippen molar-refractivity contribution in [1.82, 2.24) is 15.0 Å². The summed E-state index contributed by atoms with van der Waals surface area (Å²) in [6.45, 7) is 1.53. The molecule has 0 spiro atoms. The number of halogens is 7. The predicted molar refractivity (Wildman–Crippen MR) is 121 cm³/mol. The standard InChI is InChI=1S/C23H19F7N6O2/c1-37-21-32-20(36-8-3-2-4-9-36)33-22(34-21)38-13-7-5-6-12(10-13)11-31-35-19-17(26)15(24)14(23(28,29)30)16(25)18(19)27/h5-7,10-11,35H,2-4,8-9H2,1H3/b31-11+. The number of aromatic nitrogens is 3. The number of hydrogen-bond acceptors (Lipinski definition) is 8. The molecule has 1 aromatic heterocycles. The molecular weight excluding hydrogens is 525 g/mol. The zero-order valence-corrected chi connectivity index (χ0v) is 19.6. The van der Waals surface area contributed by atoms with Gasteiger partial charge in [0.15, 0.2) is 23.3 Å². The van der Waals surface area contributed by atoms with Crippen LogP contribution in [0.25, 0.3) is 0 Å². The van der Waals surface area contributed by atoms with E-state index >= 15 is 0 Å². The highest BCUT2D eigenvalue weighted by atomic mass is 19.4. The Bertz CT molecular complexity index is 1320. The van der Waals surface area contributed by atoms with E-state index in [2.05, 4.69) is 20.1 Å². The van der Waals surface area contributed by atoms with E-state index in [0.29, 0.717) is 5.95 Å². The molecule has 0 amide bonds. The van der Waals surface area contributed by atoms with Crippen LogP contribution in [0.4, 0.5) is 42.4 Å². The largest absolute Gasteiger partial charge is 0.467 e. The van der Waals surface area contributed by atoms with Gasteiger partial charge in [-0.25, -0.2) is 17.6 Å². The van der Waals surface area contributed by atoms with Gasteiger partial charge in [0.05, 0.1) is 13.3 Å². The molecule has 202 valence electrons. The Labute approximate surface area is 211 Å². The lowest BCUT2D eigenvalue weighted by molar-refractivity contribution is -0.143. The normalized spacial score (nSPS) is 14.2. The van der Waals surface area contributed by atoms with Crippen molar-refractivity contribution in [3.63, 3.8) is 0 Å². The number of anilines is 2. The Hall–Kier alpha value is -4.17. The second-order valence-corrected chi connectivity index (χ2v) is 8.00. The molecule has 0 bridgehead atoms. The lowest BCUT2D eigenvalue weighted by Gasteiger charge is -2.26. The van der Waals surface area contributed by atoms with Gasteiger partial charge in [-0.15, -0.1) is 4.98 Å². The highest BCUT2D eigenvalue weighted by Gasteiger charge is 2.42. The molecule has 2 heterocycles. The van der Waals surface area contributed by atoms with Crippen molar-refractivity contribution in [1.29, 1.82) is 0 Å². The molecule has 0 saturated carbocycles. The Balaban J connectivity index is 1.52. The van der Waals surface area contributed by atoms with E-state index < -0.39 is 40.7 Å². The monoisotopic (exact) mass is 544 g/mol. The van der Waals surface area contributed by atoms with Crippen molar-refractivity contribution in [3.05, 3.63) is 58.7 Å². The number of benzene rings is 2. The first-order chi connectivity index (χ1) is 18.1. The number of methoxy groups -OCH3 is 1. The van der Waals surface area contributed by atoms with Crippen molar-refractivity contribution >= 4 is 17.9 Å². The van der Waals surface area contributed by atoms with Crippen LogP contribution in [0.15, 0.2) is 29.4 Å². The topological polar surface area (TPSA) is 84.8 Å². The highest BCUT2D eigenvalue weighted by molar-refractivity contribution is 5.80. The lowest BCUT2D eigenvalue weighted by atomic mass is 10.1. The molecule has 1 aliphatic rings. The van der Waals surface area contributed by atoms with Gasteiger partial charge in [-0.1, -0.05) is 12.1 Å². The van der Waals surface area contributed by atoms with Gasteiger partial charge < -0.3 is 14.4 Å². The minimum Gasteiger partial charge on any atom is -0.467 e. The van der Waals surface area contributed by atoms with Crippen LogP contribution in [-0.4, -0.2) is 41.4 Å². The molecule has 38 heavy (non-hydrogen) atoms. The number of nitrogens with zero attached hydrogens (tertiary/aromatic N) is 5. The molecule has 1 saturated heterocycles. The van der Waals surface area contributed by atoms with Gasteiger partial charge >= 0.3 is 18.2 Å². The van der Waals surface area contributed by atoms with Crippen LogP contribution in [-0.2, 0) is 6.18 Å². The number of hydrazone groups is 1. The third-order valence-electron chi connectivity index (χ3n) is 5.41. The molecule has 2 aromatic carbocycles. The van der Waals surface area contributed by atoms with Crippen LogP contribution in [0.1, 0.15) is 30.4 Å². The maximum Gasteiger partial charge on any atom is 0.422 e. The summed E-state index contributed by atoms with van der Waals surface area (Å²) in [6, 6.07) is 5.96. The third-order valence-corrected chi connectivity index (χ3v) is 5.41. The number of rotatable bonds is 7. The molecule has 0 aliphatic carbocycles. The zero-order valence-electron chi connectivity index (χ0n) is 19.6. The Morgan fingerprint density at radius 1 is 0.921 bits per heavy atom. The van der Waals surface area contributed by atoms with Gasteiger partial charge in [0.2, 0.25) is 5.95 Å². The van der Waals surface area contributed by atoms with E-state index in [1.807, 2.05) is 4.90 Å². The van der Waals surface area contributed by atoms with E-state index in [4.69, 9.17) is 9.47 Å². The number of alkyl halides is 3. The van der Waals surface area contributed by atoms with E-state index in [9.17, 15) is 30.7 Å². The lowest BCUT2D eigenvalue weighted by Crippen LogP contribution is -2.31. The van der Waals surface area contributed by atoms with Crippen LogP contribution in [0, 0.1) is 23.3 Å². The average Bonchev–Trinajstić information content (AvgIpc) is 2.89. The number of piperidine rings is 1. The molecule has 0 unspecified atom stereocenters. The van der Waals surface area contributed by atoms with Crippen LogP contribution in [0.5, 0.6) is 17.8 Å². The van der Waals surface area contributed by atoms with E-state index in [-0.39, 0.29) is 23.3 Å². The molecule has 4 rings (SSSR count). The summed E-state index contributed by atoms with van der Waals surface area (Å²) in [5.41, 5.74) is -2.23. The van der Waals surface area contributed by atoms with Crippen molar-refractivity contribution in [3.8, 4) is 17.8 Å². The fourth-order valence-electron chi connectivity index (χ4n) is 3.61. The second-order valence-electron chi connectivity index (χ2n) is 8.00. The smallest absolute Gasteiger partial charge is 0.422 e. The first kappa shape index (κ1) is 26.9. The fourth-order valence-corrected chi connectivity index (χ4v) is 3.61.